The van der Waals surface area contributed by atoms with Crippen LogP contribution in [0.15, 0.2) is 34.8 Å². The number of hydrogen-bond acceptors (Lipinski definition) is 2. The average molecular weight is 349 g/mol. The number of benzene rings is 2. The molecule has 0 saturated carbocycles. The summed E-state index contributed by atoms with van der Waals surface area (Å²) >= 11 is 8.74. The summed E-state index contributed by atoms with van der Waals surface area (Å²) in [5, 5.41) is 0.0474. The zero-order chi connectivity index (χ0) is 14.0. The van der Waals surface area contributed by atoms with E-state index in [0.29, 0.717) is 15.8 Å². The largest absolute Gasteiger partial charge is 0.486 e. The summed E-state index contributed by atoms with van der Waals surface area (Å²) in [6.07, 6.45) is 0. The van der Waals surface area contributed by atoms with Crippen LogP contribution in [0.4, 0.5) is 14.5 Å². The van der Waals surface area contributed by atoms with E-state index in [-0.39, 0.29) is 17.3 Å². The van der Waals surface area contributed by atoms with Gasteiger partial charge in [-0.05, 0) is 39.7 Å². The number of nitrogens with two attached hydrogens (primary N) is 1. The van der Waals surface area contributed by atoms with Gasteiger partial charge in [-0.2, -0.15) is 0 Å². The quantitative estimate of drug-likeness (QED) is 0.826. The van der Waals surface area contributed by atoms with Gasteiger partial charge in [-0.1, -0.05) is 17.7 Å². The van der Waals surface area contributed by atoms with Crippen LogP contribution in [-0.4, -0.2) is 0 Å². The van der Waals surface area contributed by atoms with Gasteiger partial charge in [0.25, 0.3) is 0 Å². The van der Waals surface area contributed by atoms with Gasteiger partial charge >= 0.3 is 0 Å². The Kier molecular flexibility index (Phi) is 4.27. The zero-order valence-corrected chi connectivity index (χ0v) is 11.9. The van der Waals surface area contributed by atoms with E-state index in [1.54, 1.807) is 6.07 Å². The molecule has 0 aliphatic carbocycles. The molecule has 0 amide bonds. The van der Waals surface area contributed by atoms with E-state index in [4.69, 9.17) is 22.1 Å². The van der Waals surface area contributed by atoms with Crippen molar-refractivity contribution in [3.8, 4) is 5.75 Å². The summed E-state index contributed by atoms with van der Waals surface area (Å²) < 4.78 is 32.1. The summed E-state index contributed by atoms with van der Waals surface area (Å²) in [6, 6.07) is 6.75. The number of rotatable bonds is 3. The summed E-state index contributed by atoms with van der Waals surface area (Å²) in [6.45, 7) is 0.0997. The van der Waals surface area contributed by atoms with Crippen molar-refractivity contribution in [3.05, 3.63) is 57.0 Å². The van der Waals surface area contributed by atoms with Crippen molar-refractivity contribution >= 4 is 33.2 Å². The lowest BCUT2D eigenvalue weighted by Crippen LogP contribution is -2.00. The van der Waals surface area contributed by atoms with E-state index in [1.165, 1.54) is 18.2 Å². The molecule has 0 heterocycles. The van der Waals surface area contributed by atoms with Gasteiger partial charge in [-0.3, -0.25) is 0 Å². The Morgan fingerprint density at radius 2 is 1.95 bits per heavy atom. The molecule has 0 fully saturated rings. The highest BCUT2D eigenvalue weighted by atomic mass is 79.9. The Bertz CT molecular complexity index is 599. The molecule has 0 aromatic heterocycles. The van der Waals surface area contributed by atoms with Gasteiger partial charge < -0.3 is 10.5 Å². The van der Waals surface area contributed by atoms with Crippen molar-refractivity contribution in [1.29, 1.82) is 0 Å². The maximum atomic E-state index is 13.2. The van der Waals surface area contributed by atoms with E-state index in [2.05, 4.69) is 15.9 Å². The SMILES string of the molecule is Nc1cc(F)cc(Br)c1OCc1ccc(Cl)c(F)c1. The summed E-state index contributed by atoms with van der Waals surface area (Å²) in [5.41, 5.74) is 6.41. The van der Waals surface area contributed by atoms with Gasteiger partial charge in [0, 0.05) is 6.07 Å². The van der Waals surface area contributed by atoms with Crippen molar-refractivity contribution < 1.29 is 13.5 Å². The smallest absolute Gasteiger partial charge is 0.157 e. The molecule has 2 rings (SSSR count). The van der Waals surface area contributed by atoms with Gasteiger partial charge in [0.1, 0.15) is 18.2 Å². The third-order valence-electron chi connectivity index (χ3n) is 2.40. The molecule has 6 heteroatoms. The summed E-state index contributed by atoms with van der Waals surface area (Å²) in [5.74, 6) is -0.667. The Hall–Kier alpha value is -1.33. The minimum atomic E-state index is -0.520. The molecule has 2 aromatic rings. The van der Waals surface area contributed by atoms with Crippen LogP contribution in [0.25, 0.3) is 0 Å². The van der Waals surface area contributed by atoms with Gasteiger partial charge in [0.15, 0.2) is 5.75 Å². The van der Waals surface area contributed by atoms with Crippen molar-refractivity contribution in [3.63, 3.8) is 0 Å². The molecular formula is C13H9BrClF2NO. The van der Waals surface area contributed by atoms with Crippen molar-refractivity contribution in [1.82, 2.24) is 0 Å². The fourth-order valence-electron chi connectivity index (χ4n) is 1.52. The first-order valence-corrected chi connectivity index (χ1v) is 6.45. The Morgan fingerprint density at radius 3 is 2.58 bits per heavy atom. The first-order chi connectivity index (χ1) is 8.97. The minimum absolute atomic E-state index is 0.0474. The normalized spacial score (nSPS) is 10.5. The monoisotopic (exact) mass is 347 g/mol. The van der Waals surface area contributed by atoms with Crippen LogP contribution in [0.1, 0.15) is 5.56 Å². The molecule has 100 valence electrons. The number of halogens is 4. The van der Waals surface area contributed by atoms with Gasteiger partial charge in [-0.15, -0.1) is 0 Å². The second-order valence-electron chi connectivity index (χ2n) is 3.84. The van der Waals surface area contributed by atoms with Crippen molar-refractivity contribution in [2.45, 2.75) is 6.61 Å². The lowest BCUT2D eigenvalue weighted by Gasteiger charge is -2.11. The predicted molar refractivity (Wildman–Crippen MR) is 74.3 cm³/mol. The molecule has 2 nitrogen and oxygen atoms in total. The van der Waals surface area contributed by atoms with Crippen LogP contribution < -0.4 is 10.5 Å². The average Bonchev–Trinajstić information content (AvgIpc) is 2.32. The fraction of sp³-hybridized carbons (Fsp3) is 0.0769. The molecule has 2 aromatic carbocycles. The molecule has 0 saturated heterocycles. The third-order valence-corrected chi connectivity index (χ3v) is 3.30. The number of nitrogen functional groups attached to an aromatic ring is 1. The summed E-state index contributed by atoms with van der Waals surface area (Å²) in [4.78, 5) is 0. The van der Waals surface area contributed by atoms with E-state index in [0.717, 1.165) is 6.07 Å². The zero-order valence-electron chi connectivity index (χ0n) is 9.59. The van der Waals surface area contributed by atoms with Gasteiger partial charge in [0.2, 0.25) is 0 Å². The lowest BCUT2D eigenvalue weighted by molar-refractivity contribution is 0.305. The molecule has 0 atom stereocenters. The van der Waals surface area contributed by atoms with E-state index in [9.17, 15) is 8.78 Å². The fourth-order valence-corrected chi connectivity index (χ4v) is 2.20. The standard InChI is InChI=1S/C13H9BrClF2NO/c14-9-4-8(16)5-12(18)13(9)19-6-7-1-2-10(15)11(17)3-7/h1-5H,6,18H2. The van der Waals surface area contributed by atoms with Crippen LogP contribution in [-0.2, 0) is 6.61 Å². The highest BCUT2D eigenvalue weighted by molar-refractivity contribution is 9.10. The molecule has 2 N–H and O–H groups in total. The topological polar surface area (TPSA) is 35.2 Å². The Balaban J connectivity index is 2.16. The second kappa shape index (κ2) is 5.75. The van der Waals surface area contributed by atoms with Crippen LogP contribution in [0, 0.1) is 11.6 Å². The van der Waals surface area contributed by atoms with E-state index < -0.39 is 11.6 Å². The number of ether oxygens (including phenoxy) is 1. The maximum Gasteiger partial charge on any atom is 0.157 e. The molecule has 0 radical (unpaired) electrons. The third kappa shape index (κ3) is 3.36. The lowest BCUT2D eigenvalue weighted by atomic mass is 10.2. The molecule has 19 heavy (non-hydrogen) atoms. The van der Waals surface area contributed by atoms with Gasteiger partial charge in [0.05, 0.1) is 15.2 Å². The number of hydrogen-bond donors (Lipinski definition) is 1. The van der Waals surface area contributed by atoms with Crippen LogP contribution in [0.5, 0.6) is 5.75 Å². The minimum Gasteiger partial charge on any atom is -0.486 e. The number of anilines is 1. The van der Waals surface area contributed by atoms with Crippen LogP contribution >= 0.6 is 27.5 Å². The maximum absolute atomic E-state index is 13.2. The molecular weight excluding hydrogens is 340 g/mol. The van der Waals surface area contributed by atoms with Crippen molar-refractivity contribution in [2.75, 3.05) is 5.73 Å². The van der Waals surface area contributed by atoms with E-state index in [1.807, 2.05) is 0 Å². The molecule has 0 bridgehead atoms. The summed E-state index contributed by atoms with van der Waals surface area (Å²) in [7, 11) is 0. The molecule has 0 unspecified atom stereocenters. The first-order valence-electron chi connectivity index (χ1n) is 5.28. The first kappa shape index (κ1) is 14.1. The van der Waals surface area contributed by atoms with Gasteiger partial charge in [-0.25, -0.2) is 8.78 Å². The van der Waals surface area contributed by atoms with Crippen molar-refractivity contribution in [2.24, 2.45) is 0 Å². The van der Waals surface area contributed by atoms with E-state index >= 15 is 0 Å². The van der Waals surface area contributed by atoms with Crippen LogP contribution in [0.3, 0.4) is 0 Å². The Morgan fingerprint density at radius 1 is 1.21 bits per heavy atom. The predicted octanol–water partition coefficient (Wildman–Crippen LogP) is 4.54. The second-order valence-corrected chi connectivity index (χ2v) is 5.10. The molecule has 0 spiro atoms. The molecule has 0 aliphatic rings. The highest BCUT2D eigenvalue weighted by Gasteiger charge is 2.09. The Labute approximate surface area is 122 Å². The molecule has 0 aliphatic heterocycles. The highest BCUT2D eigenvalue weighted by Crippen LogP contribution is 2.33. The van der Waals surface area contributed by atoms with Crippen LogP contribution in [0.2, 0.25) is 5.02 Å².